The van der Waals surface area contributed by atoms with Crippen molar-refractivity contribution < 1.29 is 5.11 Å². The molecule has 1 saturated carbocycles. The van der Waals surface area contributed by atoms with Crippen LogP contribution < -0.4 is 0 Å². The Kier molecular flexibility index (Phi) is 5.13. The topological polar surface area (TPSA) is 20.2 Å². The molecular formula is C16H24OS. The Balaban J connectivity index is 2.01. The van der Waals surface area contributed by atoms with Gasteiger partial charge in [-0.3, -0.25) is 0 Å². The highest BCUT2D eigenvalue weighted by Gasteiger charge is 2.26. The molecule has 1 aliphatic carbocycles. The van der Waals surface area contributed by atoms with E-state index in [-0.39, 0.29) is 6.10 Å². The fraction of sp³-hybridized carbons (Fsp3) is 0.625. The molecular weight excluding hydrogens is 240 g/mol. The molecule has 0 aromatic heterocycles. The summed E-state index contributed by atoms with van der Waals surface area (Å²) in [6.07, 6.45) is 4.68. The van der Waals surface area contributed by atoms with Gasteiger partial charge >= 0.3 is 0 Å². The van der Waals surface area contributed by atoms with Gasteiger partial charge in [0.15, 0.2) is 0 Å². The molecule has 1 fully saturated rings. The predicted octanol–water partition coefficient (Wildman–Crippen LogP) is 4.66. The van der Waals surface area contributed by atoms with E-state index >= 15 is 0 Å². The van der Waals surface area contributed by atoms with E-state index in [1.807, 2.05) is 11.8 Å². The van der Waals surface area contributed by atoms with Crippen LogP contribution in [0.4, 0.5) is 0 Å². The van der Waals surface area contributed by atoms with Crippen LogP contribution in [-0.2, 0) is 0 Å². The molecule has 0 spiro atoms. The minimum Gasteiger partial charge on any atom is -0.388 e. The largest absolute Gasteiger partial charge is 0.388 e. The number of thioether (sulfide) groups is 1. The maximum absolute atomic E-state index is 10.5. The van der Waals surface area contributed by atoms with Crippen LogP contribution in [0.1, 0.15) is 51.2 Å². The maximum Gasteiger partial charge on any atom is 0.0818 e. The van der Waals surface area contributed by atoms with Gasteiger partial charge in [0.2, 0.25) is 0 Å². The van der Waals surface area contributed by atoms with Crippen LogP contribution in [0.15, 0.2) is 29.2 Å². The molecule has 100 valence electrons. The molecule has 1 aromatic carbocycles. The zero-order chi connectivity index (χ0) is 13.0. The fourth-order valence-electron chi connectivity index (χ4n) is 2.97. The first-order chi connectivity index (χ1) is 8.70. The number of aliphatic hydroxyl groups is 1. The van der Waals surface area contributed by atoms with Crippen molar-refractivity contribution in [3.05, 3.63) is 29.8 Å². The second-order valence-corrected chi connectivity index (χ2v) is 6.82. The van der Waals surface area contributed by atoms with Crippen LogP contribution in [0.2, 0.25) is 0 Å². The quantitative estimate of drug-likeness (QED) is 0.798. The predicted molar refractivity (Wildman–Crippen MR) is 78.9 cm³/mol. The van der Waals surface area contributed by atoms with E-state index in [9.17, 15) is 5.11 Å². The fourth-order valence-corrected chi connectivity index (χ4v) is 3.63. The van der Waals surface area contributed by atoms with Crippen molar-refractivity contribution in [2.24, 2.45) is 11.8 Å². The van der Waals surface area contributed by atoms with Crippen molar-refractivity contribution >= 4 is 11.8 Å². The molecule has 3 atom stereocenters. The SMILES string of the molecule is CCSc1ccc(C(O)C2CCCC(C)C2)cc1. The molecule has 1 aliphatic rings. The smallest absolute Gasteiger partial charge is 0.0818 e. The lowest BCUT2D eigenvalue weighted by molar-refractivity contribution is 0.0714. The lowest BCUT2D eigenvalue weighted by Gasteiger charge is -2.30. The molecule has 0 amide bonds. The van der Waals surface area contributed by atoms with Crippen LogP contribution >= 0.6 is 11.8 Å². The first-order valence-electron chi connectivity index (χ1n) is 7.11. The van der Waals surface area contributed by atoms with Crippen molar-refractivity contribution in [2.75, 3.05) is 5.75 Å². The Morgan fingerprint density at radius 1 is 1.28 bits per heavy atom. The average Bonchev–Trinajstić information content (AvgIpc) is 2.39. The van der Waals surface area contributed by atoms with Crippen molar-refractivity contribution in [3.63, 3.8) is 0 Å². The van der Waals surface area contributed by atoms with E-state index in [1.165, 1.54) is 30.6 Å². The summed E-state index contributed by atoms with van der Waals surface area (Å²) in [5.74, 6) is 2.33. The molecule has 2 rings (SSSR count). The molecule has 0 aliphatic heterocycles. The summed E-state index contributed by atoms with van der Waals surface area (Å²) in [5, 5.41) is 10.5. The van der Waals surface area contributed by atoms with E-state index in [2.05, 4.69) is 38.1 Å². The molecule has 1 nitrogen and oxygen atoms in total. The van der Waals surface area contributed by atoms with E-state index in [4.69, 9.17) is 0 Å². The first kappa shape index (κ1) is 14.0. The number of aliphatic hydroxyl groups excluding tert-OH is 1. The van der Waals surface area contributed by atoms with Crippen molar-refractivity contribution in [2.45, 2.75) is 50.5 Å². The van der Waals surface area contributed by atoms with Gasteiger partial charge in [0, 0.05) is 4.90 Å². The summed E-state index contributed by atoms with van der Waals surface area (Å²) in [6.45, 7) is 4.47. The number of benzene rings is 1. The minimum atomic E-state index is -0.270. The van der Waals surface area contributed by atoms with Gasteiger partial charge in [-0.15, -0.1) is 11.8 Å². The van der Waals surface area contributed by atoms with Gasteiger partial charge in [-0.05, 0) is 48.1 Å². The van der Waals surface area contributed by atoms with Crippen LogP contribution in [0, 0.1) is 11.8 Å². The number of hydrogen-bond donors (Lipinski definition) is 1. The van der Waals surface area contributed by atoms with Gasteiger partial charge < -0.3 is 5.11 Å². The molecule has 0 saturated heterocycles. The Morgan fingerprint density at radius 2 is 2.00 bits per heavy atom. The van der Waals surface area contributed by atoms with Gasteiger partial charge in [0.05, 0.1) is 6.10 Å². The standard InChI is InChI=1S/C16H24OS/c1-3-18-15-9-7-13(8-10-15)16(17)14-6-4-5-12(2)11-14/h7-10,12,14,16-17H,3-6,11H2,1-2H3. The van der Waals surface area contributed by atoms with Crippen molar-refractivity contribution in [1.29, 1.82) is 0 Å². The second kappa shape index (κ2) is 6.63. The number of rotatable bonds is 4. The Morgan fingerprint density at radius 3 is 2.61 bits per heavy atom. The zero-order valence-corrected chi connectivity index (χ0v) is 12.2. The maximum atomic E-state index is 10.5. The van der Waals surface area contributed by atoms with Gasteiger partial charge in [0.25, 0.3) is 0 Å². The Hall–Kier alpha value is -0.470. The Labute approximate surface area is 115 Å². The third-order valence-corrected chi connectivity index (χ3v) is 4.85. The van der Waals surface area contributed by atoms with Crippen LogP contribution in [0.25, 0.3) is 0 Å². The first-order valence-corrected chi connectivity index (χ1v) is 8.10. The van der Waals surface area contributed by atoms with Crippen molar-refractivity contribution in [1.82, 2.24) is 0 Å². The summed E-state index contributed by atoms with van der Waals surface area (Å²) in [7, 11) is 0. The van der Waals surface area contributed by atoms with Crippen LogP contribution in [-0.4, -0.2) is 10.9 Å². The van der Waals surface area contributed by atoms with E-state index in [0.717, 1.165) is 17.2 Å². The molecule has 3 unspecified atom stereocenters. The van der Waals surface area contributed by atoms with Gasteiger partial charge in [0.1, 0.15) is 0 Å². The van der Waals surface area contributed by atoms with E-state index < -0.39 is 0 Å². The summed E-state index contributed by atoms with van der Waals surface area (Å²) in [6, 6.07) is 8.47. The Bertz CT molecular complexity index is 360. The van der Waals surface area contributed by atoms with Crippen LogP contribution in [0.5, 0.6) is 0 Å². The van der Waals surface area contributed by atoms with Gasteiger partial charge in [-0.1, -0.05) is 38.8 Å². The molecule has 0 radical (unpaired) electrons. The molecule has 1 N–H and O–H groups in total. The van der Waals surface area contributed by atoms with Crippen LogP contribution in [0.3, 0.4) is 0 Å². The molecule has 1 aromatic rings. The van der Waals surface area contributed by atoms with Gasteiger partial charge in [-0.2, -0.15) is 0 Å². The number of hydrogen-bond acceptors (Lipinski definition) is 2. The normalized spacial score (nSPS) is 25.9. The summed E-state index contributed by atoms with van der Waals surface area (Å²) in [4.78, 5) is 1.30. The molecule has 18 heavy (non-hydrogen) atoms. The second-order valence-electron chi connectivity index (χ2n) is 5.48. The zero-order valence-electron chi connectivity index (χ0n) is 11.4. The molecule has 2 heteroatoms. The minimum absolute atomic E-state index is 0.270. The average molecular weight is 264 g/mol. The molecule has 0 heterocycles. The monoisotopic (exact) mass is 264 g/mol. The highest BCUT2D eigenvalue weighted by molar-refractivity contribution is 7.99. The highest BCUT2D eigenvalue weighted by Crippen LogP contribution is 2.37. The highest BCUT2D eigenvalue weighted by atomic mass is 32.2. The lowest BCUT2D eigenvalue weighted by Crippen LogP contribution is -2.20. The van der Waals surface area contributed by atoms with Crippen molar-refractivity contribution in [3.8, 4) is 0 Å². The summed E-state index contributed by atoms with van der Waals surface area (Å²) in [5.41, 5.74) is 1.09. The van der Waals surface area contributed by atoms with E-state index in [1.54, 1.807) is 0 Å². The third-order valence-electron chi connectivity index (χ3n) is 3.96. The van der Waals surface area contributed by atoms with E-state index in [0.29, 0.717) is 5.92 Å². The summed E-state index contributed by atoms with van der Waals surface area (Å²) < 4.78 is 0. The summed E-state index contributed by atoms with van der Waals surface area (Å²) >= 11 is 1.85. The molecule has 0 bridgehead atoms. The lowest BCUT2D eigenvalue weighted by atomic mass is 9.78. The third kappa shape index (κ3) is 3.52. The van der Waals surface area contributed by atoms with Gasteiger partial charge in [-0.25, -0.2) is 0 Å².